The van der Waals surface area contributed by atoms with Crippen molar-refractivity contribution in [2.45, 2.75) is 19.9 Å². The Bertz CT molecular complexity index is 873. The second-order valence-electron chi connectivity index (χ2n) is 5.21. The van der Waals surface area contributed by atoms with Gasteiger partial charge in [-0.3, -0.25) is 4.99 Å². The number of halogens is 1. The molecule has 2 heterocycles. The molecule has 0 radical (unpaired) electrons. The maximum atomic E-state index is 6.13. The Morgan fingerprint density at radius 3 is 2.74 bits per heavy atom. The summed E-state index contributed by atoms with van der Waals surface area (Å²) in [6.45, 7) is 4.12. The van der Waals surface area contributed by atoms with Crippen molar-refractivity contribution in [1.29, 1.82) is 0 Å². The second kappa shape index (κ2) is 7.25. The van der Waals surface area contributed by atoms with E-state index in [2.05, 4.69) is 29.3 Å². The van der Waals surface area contributed by atoms with Crippen LogP contribution in [0.1, 0.15) is 18.7 Å². The van der Waals surface area contributed by atoms with Gasteiger partial charge in [0.15, 0.2) is 0 Å². The lowest BCUT2D eigenvalue weighted by Gasteiger charge is -2.04. The van der Waals surface area contributed by atoms with Crippen LogP contribution in [-0.4, -0.2) is 16.9 Å². The van der Waals surface area contributed by atoms with E-state index in [4.69, 9.17) is 11.6 Å². The minimum atomic E-state index is 0.212. The predicted octanol–water partition coefficient (Wildman–Crippen LogP) is 5.12. The summed E-state index contributed by atoms with van der Waals surface area (Å²) in [7, 11) is 0. The molecule has 0 aliphatic carbocycles. The van der Waals surface area contributed by atoms with Crippen molar-refractivity contribution in [1.82, 2.24) is 4.68 Å². The smallest absolute Gasteiger partial charge is 0.206 e. The maximum absolute atomic E-state index is 6.13. The Balaban J connectivity index is 2.11. The summed E-state index contributed by atoms with van der Waals surface area (Å²) < 4.78 is 1.88. The summed E-state index contributed by atoms with van der Waals surface area (Å²) in [6.07, 6.45) is 1.87. The maximum Gasteiger partial charge on any atom is 0.206 e. The predicted molar refractivity (Wildman–Crippen MR) is 101 cm³/mol. The third-order valence-electron chi connectivity index (χ3n) is 3.02. The van der Waals surface area contributed by atoms with E-state index in [9.17, 15) is 0 Å². The van der Waals surface area contributed by atoms with Gasteiger partial charge in [0.25, 0.3) is 0 Å². The fraction of sp³-hybridized carbons (Fsp3) is 0.176. The lowest BCUT2D eigenvalue weighted by atomic mass is 10.2. The minimum absolute atomic E-state index is 0.212. The summed E-state index contributed by atoms with van der Waals surface area (Å²) in [6, 6.07) is 12.1. The zero-order valence-electron chi connectivity index (χ0n) is 12.8. The fourth-order valence-electron chi connectivity index (χ4n) is 2.05. The Hall–Kier alpha value is -1.69. The summed E-state index contributed by atoms with van der Waals surface area (Å²) in [5.41, 5.74) is 2.02. The van der Waals surface area contributed by atoms with Crippen molar-refractivity contribution >= 4 is 40.5 Å². The molecule has 1 aromatic carbocycles. The van der Waals surface area contributed by atoms with E-state index in [0.29, 0.717) is 5.02 Å². The van der Waals surface area contributed by atoms with Crippen LogP contribution in [0.3, 0.4) is 0 Å². The number of thiazole rings is 1. The average molecular weight is 362 g/mol. The Kier molecular flexibility index (Phi) is 5.10. The first-order valence-electron chi connectivity index (χ1n) is 7.21. The summed E-state index contributed by atoms with van der Waals surface area (Å²) in [5, 5.41) is 9.46. The van der Waals surface area contributed by atoms with Crippen LogP contribution in [0, 0.1) is 0 Å². The quantitative estimate of drug-likeness (QED) is 0.577. The third-order valence-corrected chi connectivity index (χ3v) is 4.89. The zero-order chi connectivity index (χ0) is 16.2. The van der Waals surface area contributed by atoms with Crippen molar-refractivity contribution in [2.24, 2.45) is 10.1 Å². The number of hydrogen-bond acceptors (Lipinski definition) is 4. The van der Waals surface area contributed by atoms with E-state index in [1.54, 1.807) is 22.7 Å². The largest absolute Gasteiger partial charge is 0.255 e. The summed E-state index contributed by atoms with van der Waals surface area (Å²) in [4.78, 5) is 6.65. The molecule has 0 amide bonds. The van der Waals surface area contributed by atoms with Gasteiger partial charge in [0.2, 0.25) is 4.80 Å². The number of benzene rings is 1. The van der Waals surface area contributed by atoms with Gasteiger partial charge in [-0.05, 0) is 37.4 Å². The van der Waals surface area contributed by atoms with Gasteiger partial charge in [-0.1, -0.05) is 29.8 Å². The van der Waals surface area contributed by atoms with Crippen LogP contribution >= 0.6 is 34.3 Å². The molecule has 2 aromatic heterocycles. The van der Waals surface area contributed by atoms with Gasteiger partial charge in [0, 0.05) is 26.9 Å². The molecule has 6 heteroatoms. The van der Waals surface area contributed by atoms with E-state index in [1.165, 1.54) is 0 Å². The number of hydrogen-bond donors (Lipinski definition) is 0. The molecule has 3 aromatic rings. The van der Waals surface area contributed by atoms with Crippen LogP contribution in [-0.2, 0) is 0 Å². The number of thiophene rings is 1. The van der Waals surface area contributed by atoms with E-state index in [-0.39, 0.29) is 6.04 Å². The van der Waals surface area contributed by atoms with Crippen molar-refractivity contribution in [2.75, 3.05) is 0 Å². The van der Waals surface area contributed by atoms with Gasteiger partial charge in [0.1, 0.15) is 0 Å². The number of rotatable bonds is 4. The first-order valence-corrected chi connectivity index (χ1v) is 9.35. The molecule has 0 fully saturated rings. The van der Waals surface area contributed by atoms with Crippen molar-refractivity contribution in [3.63, 3.8) is 0 Å². The van der Waals surface area contributed by atoms with Gasteiger partial charge in [-0.2, -0.15) is 5.10 Å². The van der Waals surface area contributed by atoms with Gasteiger partial charge < -0.3 is 0 Å². The Morgan fingerprint density at radius 2 is 2.04 bits per heavy atom. The van der Waals surface area contributed by atoms with Crippen molar-refractivity contribution in [3.05, 3.63) is 61.9 Å². The molecule has 0 saturated carbocycles. The molecule has 0 atom stereocenters. The minimum Gasteiger partial charge on any atom is -0.255 e. The van der Waals surface area contributed by atoms with Crippen LogP contribution in [0.25, 0.3) is 11.3 Å². The van der Waals surface area contributed by atoms with Gasteiger partial charge in [0.05, 0.1) is 11.9 Å². The monoisotopic (exact) mass is 361 g/mol. The van der Waals surface area contributed by atoms with Crippen molar-refractivity contribution in [3.8, 4) is 11.3 Å². The average Bonchev–Trinajstić information content (AvgIpc) is 3.14. The third kappa shape index (κ3) is 3.99. The number of nitrogens with zero attached hydrogens (tertiary/aromatic N) is 3. The SMILES string of the molecule is CC(C)N=c1scc(-c2cccc(Cl)c2)n1N=Cc1cccs1. The molecule has 0 aliphatic heterocycles. The molecule has 118 valence electrons. The molecule has 23 heavy (non-hydrogen) atoms. The lowest BCUT2D eigenvalue weighted by Crippen LogP contribution is -2.14. The second-order valence-corrected chi connectivity index (χ2v) is 7.46. The molecular formula is C17H16ClN3S2. The van der Waals surface area contributed by atoms with Gasteiger partial charge >= 0.3 is 0 Å². The highest BCUT2D eigenvalue weighted by Gasteiger charge is 2.08. The molecule has 0 bridgehead atoms. The highest BCUT2D eigenvalue weighted by molar-refractivity contribution is 7.11. The van der Waals surface area contributed by atoms with E-state index in [0.717, 1.165) is 20.9 Å². The lowest BCUT2D eigenvalue weighted by molar-refractivity contribution is 0.755. The van der Waals surface area contributed by atoms with Crippen molar-refractivity contribution < 1.29 is 0 Å². The normalized spacial score (nSPS) is 12.6. The molecule has 0 unspecified atom stereocenters. The highest BCUT2D eigenvalue weighted by Crippen LogP contribution is 2.23. The molecule has 3 nitrogen and oxygen atoms in total. The summed E-state index contributed by atoms with van der Waals surface area (Å²) >= 11 is 9.37. The van der Waals surface area contributed by atoms with Crippen LogP contribution < -0.4 is 4.80 Å². The van der Waals surface area contributed by atoms with E-state index < -0.39 is 0 Å². The Labute approximate surface area is 148 Å². The molecular weight excluding hydrogens is 346 g/mol. The Morgan fingerprint density at radius 1 is 1.17 bits per heavy atom. The number of aromatic nitrogens is 1. The van der Waals surface area contributed by atoms with E-state index >= 15 is 0 Å². The van der Waals surface area contributed by atoms with Crippen LogP contribution in [0.2, 0.25) is 5.02 Å². The zero-order valence-corrected chi connectivity index (χ0v) is 15.2. The van der Waals surface area contributed by atoms with Gasteiger partial charge in [-0.25, -0.2) is 4.68 Å². The van der Waals surface area contributed by atoms with E-state index in [1.807, 2.05) is 52.7 Å². The van der Waals surface area contributed by atoms with Crippen LogP contribution in [0.5, 0.6) is 0 Å². The standard InChI is InChI=1S/C17H16ClN3S2/c1-12(2)20-17-21(19-10-15-7-4-8-22-15)16(11-23-17)13-5-3-6-14(18)9-13/h3-12H,1-2H3. The van der Waals surface area contributed by atoms with Gasteiger partial charge in [-0.15, -0.1) is 22.7 Å². The molecule has 3 rings (SSSR count). The first kappa shape index (κ1) is 16.2. The molecule has 0 spiro atoms. The first-order chi connectivity index (χ1) is 11.1. The highest BCUT2D eigenvalue weighted by atomic mass is 35.5. The summed E-state index contributed by atoms with van der Waals surface area (Å²) in [5.74, 6) is 0. The molecule has 0 N–H and O–H groups in total. The topological polar surface area (TPSA) is 29.6 Å². The van der Waals surface area contributed by atoms with Crippen LogP contribution in [0.15, 0.2) is 57.3 Å². The van der Waals surface area contributed by atoms with Crippen LogP contribution in [0.4, 0.5) is 0 Å². The fourth-order valence-corrected chi connectivity index (χ4v) is 3.79. The molecule has 0 aliphatic rings. The molecule has 0 saturated heterocycles.